The maximum atomic E-state index is 3.30. The van der Waals surface area contributed by atoms with Gasteiger partial charge in [-0.1, -0.05) is 44.9 Å². The van der Waals surface area contributed by atoms with E-state index in [4.69, 9.17) is 0 Å². The molecule has 13 heavy (non-hydrogen) atoms. The lowest BCUT2D eigenvalue weighted by atomic mass is 10.0. The van der Waals surface area contributed by atoms with Crippen LogP contribution >= 0.6 is 0 Å². The smallest absolute Gasteiger partial charge is 0.0149 e. The molecule has 0 amide bonds. The molecule has 0 heterocycles. The van der Waals surface area contributed by atoms with E-state index in [1.807, 2.05) is 0 Å². The van der Waals surface area contributed by atoms with Crippen LogP contribution in [0, 0.1) is 6.07 Å². The second-order valence-corrected chi connectivity index (χ2v) is 3.58. The number of hydrogen-bond donors (Lipinski definition) is 0. The van der Waals surface area contributed by atoms with E-state index in [2.05, 4.69) is 38.1 Å². The van der Waals surface area contributed by atoms with Crippen molar-refractivity contribution in [1.82, 2.24) is 0 Å². The molecule has 0 fully saturated rings. The molecule has 1 radical (unpaired) electrons. The Morgan fingerprint density at radius 3 is 2.69 bits per heavy atom. The molecule has 1 aromatic rings. The molecule has 71 valence electrons. The lowest BCUT2D eigenvalue weighted by molar-refractivity contribution is 0.792. The zero-order chi connectivity index (χ0) is 9.52. The summed E-state index contributed by atoms with van der Waals surface area (Å²) in [5, 5.41) is 0. The van der Waals surface area contributed by atoms with Gasteiger partial charge in [-0.3, -0.25) is 0 Å². The van der Waals surface area contributed by atoms with E-state index >= 15 is 0 Å². The third-order valence-corrected chi connectivity index (χ3v) is 2.26. The monoisotopic (exact) mass is 175 g/mol. The van der Waals surface area contributed by atoms with Crippen LogP contribution in [0.5, 0.6) is 0 Å². The molecule has 0 nitrogen and oxygen atoms in total. The molecule has 0 heteroatoms. The van der Waals surface area contributed by atoms with Crippen LogP contribution in [0.3, 0.4) is 0 Å². The fourth-order valence-electron chi connectivity index (χ4n) is 1.53. The topological polar surface area (TPSA) is 0 Å². The Balaban J connectivity index is 2.56. The minimum Gasteiger partial charge on any atom is -0.0654 e. The Morgan fingerprint density at radius 1 is 1.15 bits per heavy atom. The average Bonchev–Trinajstić information content (AvgIpc) is 2.16. The van der Waals surface area contributed by atoms with Crippen LogP contribution in [0.25, 0.3) is 0 Å². The van der Waals surface area contributed by atoms with Gasteiger partial charge >= 0.3 is 0 Å². The van der Waals surface area contributed by atoms with Crippen molar-refractivity contribution in [3.8, 4) is 0 Å². The first kappa shape index (κ1) is 10.3. The molecule has 0 N–H and O–H groups in total. The fraction of sp³-hybridized carbons (Fsp3) is 0.538. The third kappa shape index (κ3) is 3.63. The quantitative estimate of drug-likeness (QED) is 0.639. The minimum absolute atomic E-state index is 1.19. The van der Waals surface area contributed by atoms with Gasteiger partial charge in [-0.15, -0.1) is 0 Å². The number of benzene rings is 1. The van der Waals surface area contributed by atoms with E-state index in [0.29, 0.717) is 0 Å². The summed E-state index contributed by atoms with van der Waals surface area (Å²) in [6, 6.07) is 9.85. The highest BCUT2D eigenvalue weighted by atomic mass is 14.0. The van der Waals surface area contributed by atoms with Gasteiger partial charge in [-0.05, 0) is 36.5 Å². The average molecular weight is 175 g/mol. The molecule has 0 spiro atoms. The molecule has 1 rings (SSSR count). The van der Waals surface area contributed by atoms with Crippen molar-refractivity contribution < 1.29 is 0 Å². The molecule has 0 aliphatic rings. The van der Waals surface area contributed by atoms with Crippen LogP contribution in [0.4, 0.5) is 0 Å². The van der Waals surface area contributed by atoms with E-state index in [-0.39, 0.29) is 0 Å². The highest BCUT2D eigenvalue weighted by Crippen LogP contribution is 2.09. The van der Waals surface area contributed by atoms with E-state index in [0.717, 1.165) is 0 Å². The molecule has 0 bridgehead atoms. The van der Waals surface area contributed by atoms with Gasteiger partial charge in [0.05, 0.1) is 0 Å². The van der Waals surface area contributed by atoms with E-state index < -0.39 is 0 Å². The van der Waals surface area contributed by atoms with E-state index in [1.165, 1.54) is 43.2 Å². The van der Waals surface area contributed by atoms with Crippen LogP contribution in [0.2, 0.25) is 0 Å². The molecular weight excluding hydrogens is 156 g/mol. The highest BCUT2D eigenvalue weighted by molar-refractivity contribution is 5.22. The summed E-state index contributed by atoms with van der Waals surface area (Å²) in [5.41, 5.74) is 2.85. The standard InChI is InChI=1S/C13H19/c1-3-5-8-13-10-6-9-12(11-13)7-4-2/h6,9,11H,3-5,7-8H2,1-2H3. The first-order valence-corrected chi connectivity index (χ1v) is 5.36. The van der Waals surface area contributed by atoms with Crippen molar-refractivity contribution in [3.05, 3.63) is 35.4 Å². The fourth-order valence-corrected chi connectivity index (χ4v) is 1.53. The predicted octanol–water partition coefficient (Wildman–Crippen LogP) is 3.78. The van der Waals surface area contributed by atoms with Crippen molar-refractivity contribution in [1.29, 1.82) is 0 Å². The Hall–Kier alpha value is -0.780. The van der Waals surface area contributed by atoms with Crippen LogP contribution in [-0.4, -0.2) is 0 Å². The lowest BCUT2D eigenvalue weighted by Crippen LogP contribution is -1.88. The SMILES string of the molecule is CCCCc1[c]ccc(CCC)c1. The van der Waals surface area contributed by atoms with Crippen molar-refractivity contribution >= 4 is 0 Å². The Bertz CT molecular complexity index is 238. The summed E-state index contributed by atoms with van der Waals surface area (Å²) < 4.78 is 0. The summed E-state index contributed by atoms with van der Waals surface area (Å²) in [7, 11) is 0. The van der Waals surface area contributed by atoms with Gasteiger partial charge in [-0.2, -0.15) is 0 Å². The number of aryl methyl sites for hydroxylation is 2. The first-order chi connectivity index (χ1) is 6.36. The molecule has 0 aromatic heterocycles. The Morgan fingerprint density at radius 2 is 2.00 bits per heavy atom. The van der Waals surface area contributed by atoms with Crippen LogP contribution in [0.1, 0.15) is 44.2 Å². The summed E-state index contributed by atoms with van der Waals surface area (Å²) >= 11 is 0. The van der Waals surface area contributed by atoms with Crippen molar-refractivity contribution in [2.45, 2.75) is 46.0 Å². The molecule has 0 aliphatic carbocycles. The van der Waals surface area contributed by atoms with Crippen molar-refractivity contribution in [2.75, 3.05) is 0 Å². The second-order valence-electron chi connectivity index (χ2n) is 3.58. The summed E-state index contributed by atoms with van der Waals surface area (Å²) in [6.07, 6.45) is 6.18. The van der Waals surface area contributed by atoms with E-state index in [9.17, 15) is 0 Å². The third-order valence-electron chi connectivity index (χ3n) is 2.26. The highest BCUT2D eigenvalue weighted by Gasteiger charge is 1.95. The normalized spacial score (nSPS) is 10.3. The Kier molecular flexibility index (Phi) is 4.59. The van der Waals surface area contributed by atoms with Crippen molar-refractivity contribution in [3.63, 3.8) is 0 Å². The zero-order valence-electron chi connectivity index (χ0n) is 8.77. The van der Waals surface area contributed by atoms with Gasteiger partial charge in [0.1, 0.15) is 0 Å². The maximum absolute atomic E-state index is 3.30. The summed E-state index contributed by atoms with van der Waals surface area (Å²) in [6.45, 7) is 4.46. The molecule has 0 atom stereocenters. The largest absolute Gasteiger partial charge is 0.0654 e. The molecule has 0 saturated carbocycles. The second kappa shape index (κ2) is 5.80. The van der Waals surface area contributed by atoms with Crippen LogP contribution in [0.15, 0.2) is 18.2 Å². The Labute approximate surface area is 82.0 Å². The summed E-state index contributed by atoms with van der Waals surface area (Å²) in [4.78, 5) is 0. The predicted molar refractivity (Wildman–Crippen MR) is 57.9 cm³/mol. The van der Waals surface area contributed by atoms with Crippen molar-refractivity contribution in [2.24, 2.45) is 0 Å². The van der Waals surface area contributed by atoms with Gasteiger partial charge in [-0.25, -0.2) is 0 Å². The van der Waals surface area contributed by atoms with Gasteiger partial charge in [0.2, 0.25) is 0 Å². The molecular formula is C13H19. The number of hydrogen-bond acceptors (Lipinski definition) is 0. The molecule has 1 aromatic carbocycles. The van der Waals surface area contributed by atoms with Gasteiger partial charge < -0.3 is 0 Å². The van der Waals surface area contributed by atoms with Gasteiger partial charge in [0.15, 0.2) is 0 Å². The number of rotatable bonds is 5. The first-order valence-electron chi connectivity index (χ1n) is 5.36. The molecule has 0 saturated heterocycles. The number of unbranched alkanes of at least 4 members (excludes halogenated alkanes) is 1. The molecule has 0 aliphatic heterocycles. The zero-order valence-corrected chi connectivity index (χ0v) is 8.77. The van der Waals surface area contributed by atoms with E-state index in [1.54, 1.807) is 0 Å². The van der Waals surface area contributed by atoms with Crippen LogP contribution in [-0.2, 0) is 12.8 Å². The summed E-state index contributed by atoms with van der Waals surface area (Å²) in [5.74, 6) is 0. The maximum Gasteiger partial charge on any atom is -0.0149 e. The molecule has 0 unspecified atom stereocenters. The van der Waals surface area contributed by atoms with Crippen LogP contribution < -0.4 is 0 Å². The minimum atomic E-state index is 1.19. The lowest BCUT2D eigenvalue weighted by Gasteiger charge is -2.02. The van der Waals surface area contributed by atoms with Gasteiger partial charge in [0, 0.05) is 0 Å². The van der Waals surface area contributed by atoms with Gasteiger partial charge in [0.25, 0.3) is 0 Å².